The zero-order valence-electron chi connectivity index (χ0n) is 44.7. The highest BCUT2D eigenvalue weighted by Gasteiger charge is 2.44. The molecule has 4 saturated heterocycles. The van der Waals surface area contributed by atoms with Gasteiger partial charge in [0.25, 0.3) is 0 Å². The molecule has 4 aliphatic heterocycles. The molecule has 2 bridgehead atoms. The standard InChI is InChI=1S/C58H59F4N13O6/c1-31(2)52(56(78)73-18-4-5-48(73)55(77)67-47(28-76)36-12-10-34(11-13-36)44-14-17-63-30-65-44)75-27-46(71-72-75)35-8-6-33(7-9-35)29-80-53-50(49-32(3)43(59)23-45-41(49)25-66-70-45)42(58(60,61)62)22-40-51(53)68-57(81-39-15-19-79-20-16-39)69-54(40)74-26-37-21-38(74)24-64-37/h6-14,17,22-23,25,27,30-31,37-39,47-48,52,64,76H,4-5,15-16,18-21,24,26,28-29H2,1-3H3,(H,66,70)(H,67,77)/t37-,38-,47-,48-,52-/m0/s1. The second-order valence-electron chi connectivity index (χ2n) is 21.5. The fraction of sp³-hybridized carbons (Fsp3) is 0.397. The van der Waals surface area contributed by atoms with Gasteiger partial charge in [-0.3, -0.25) is 14.7 Å². The third-order valence-corrected chi connectivity index (χ3v) is 16.0. The van der Waals surface area contributed by atoms with Gasteiger partial charge in [0, 0.05) is 83.8 Å². The Kier molecular flexibility index (Phi) is 14.6. The number of carbonyl (C=O) groups excluding carboxylic acids is 2. The van der Waals surface area contributed by atoms with Crippen LogP contribution in [0, 0.1) is 18.7 Å². The number of benzene rings is 4. The van der Waals surface area contributed by atoms with Crippen molar-refractivity contribution in [1.29, 1.82) is 0 Å². The average molecular weight is 1110 g/mol. The second-order valence-corrected chi connectivity index (χ2v) is 21.5. The van der Waals surface area contributed by atoms with Gasteiger partial charge in [-0.15, -0.1) is 5.10 Å². The minimum Gasteiger partial charge on any atom is -0.486 e. The van der Waals surface area contributed by atoms with Crippen LogP contribution in [0.4, 0.5) is 23.4 Å². The lowest BCUT2D eigenvalue weighted by Crippen LogP contribution is -2.50. The summed E-state index contributed by atoms with van der Waals surface area (Å²) in [5, 5.41) is 32.9. The highest BCUT2D eigenvalue weighted by molar-refractivity contribution is 6.06. The molecule has 0 saturated carbocycles. The summed E-state index contributed by atoms with van der Waals surface area (Å²) in [5.41, 5.74) is 2.65. The van der Waals surface area contributed by atoms with Crippen LogP contribution in [0.15, 0.2) is 91.6 Å². The van der Waals surface area contributed by atoms with Crippen molar-refractivity contribution in [2.24, 2.45) is 5.92 Å². The van der Waals surface area contributed by atoms with Crippen LogP contribution >= 0.6 is 0 Å². The molecule has 8 aromatic rings. The van der Waals surface area contributed by atoms with E-state index in [0.717, 1.165) is 23.7 Å². The normalized spacial score (nSPS) is 19.2. The first-order valence-corrected chi connectivity index (χ1v) is 27.3. The van der Waals surface area contributed by atoms with Gasteiger partial charge >= 0.3 is 12.2 Å². The summed E-state index contributed by atoms with van der Waals surface area (Å²) in [6, 6.07) is 16.2. The molecule has 8 heterocycles. The number of ether oxygens (including phenoxy) is 3. The minimum atomic E-state index is -4.96. The van der Waals surface area contributed by atoms with Crippen molar-refractivity contribution in [3.8, 4) is 45.4 Å². The molecule has 0 unspecified atom stereocenters. The predicted octanol–water partition coefficient (Wildman–Crippen LogP) is 8.08. The number of H-pyrrole nitrogens is 1. The molecule has 4 fully saturated rings. The molecule has 4 aromatic carbocycles. The lowest BCUT2D eigenvalue weighted by Gasteiger charge is -2.31. The molecule has 19 nitrogen and oxygen atoms in total. The van der Waals surface area contributed by atoms with E-state index in [1.807, 2.05) is 43.0 Å². The number of alkyl halides is 3. The topological polar surface area (TPSA) is 224 Å². The number of nitrogens with one attached hydrogen (secondary N) is 3. The third kappa shape index (κ3) is 10.5. The van der Waals surface area contributed by atoms with Crippen molar-refractivity contribution in [2.75, 3.05) is 44.4 Å². The van der Waals surface area contributed by atoms with Crippen LogP contribution in [0.5, 0.6) is 11.8 Å². The number of aromatic amines is 1. The molecular weight excluding hydrogens is 1050 g/mol. The highest BCUT2D eigenvalue weighted by atomic mass is 19.4. The Balaban J connectivity index is 0.832. The van der Waals surface area contributed by atoms with Gasteiger partial charge in [0.1, 0.15) is 54.0 Å². The largest absolute Gasteiger partial charge is 0.486 e. The number of anilines is 1. The first-order chi connectivity index (χ1) is 39.2. The molecule has 0 radical (unpaired) electrons. The molecule has 81 heavy (non-hydrogen) atoms. The number of likely N-dealkylation sites (tertiary alicyclic amines) is 1. The monoisotopic (exact) mass is 1110 g/mol. The van der Waals surface area contributed by atoms with E-state index in [2.05, 4.69) is 41.1 Å². The fourth-order valence-corrected chi connectivity index (χ4v) is 11.8. The molecule has 2 amide bonds. The number of aromatic nitrogens is 9. The Morgan fingerprint density at radius 2 is 1.74 bits per heavy atom. The number of aliphatic hydroxyl groups is 1. The van der Waals surface area contributed by atoms with E-state index in [4.69, 9.17) is 24.2 Å². The summed E-state index contributed by atoms with van der Waals surface area (Å²) in [6.45, 7) is 7.04. The van der Waals surface area contributed by atoms with Crippen LogP contribution < -0.4 is 25.0 Å². The zero-order valence-corrected chi connectivity index (χ0v) is 44.7. The van der Waals surface area contributed by atoms with Crippen molar-refractivity contribution in [1.82, 2.24) is 60.7 Å². The van der Waals surface area contributed by atoms with Crippen LogP contribution in [0.3, 0.4) is 0 Å². The van der Waals surface area contributed by atoms with Crippen LogP contribution in [-0.4, -0.2) is 131 Å². The van der Waals surface area contributed by atoms with E-state index in [9.17, 15) is 14.7 Å². The maximum absolute atomic E-state index is 15.9. The van der Waals surface area contributed by atoms with Gasteiger partial charge in [-0.05, 0) is 67.0 Å². The molecule has 0 aliphatic carbocycles. The minimum absolute atomic E-state index is 0.0187. The Hall–Kier alpha value is -8.15. The molecule has 5 atom stereocenters. The Morgan fingerprint density at radius 1 is 0.963 bits per heavy atom. The quantitative estimate of drug-likeness (QED) is 0.0672. The SMILES string of the molecule is Cc1c(F)cc2[nH]ncc2c1-c1c(C(F)(F)F)cc2c(N3C[C@@H]4C[C@H]3CN4)nc(OC3CCOCC3)nc2c1OCc1ccc(-c2cn([C@H](C(=O)N3CCC[C@H]3C(=O)N[C@@H](CO)c3ccc(-c4ccncn4)cc3)C(C)C)nn2)cc1. The van der Waals surface area contributed by atoms with Crippen molar-refractivity contribution in [2.45, 2.75) is 102 Å². The Morgan fingerprint density at radius 3 is 2.44 bits per heavy atom. The number of halogens is 4. The van der Waals surface area contributed by atoms with Crippen molar-refractivity contribution in [3.05, 3.63) is 120 Å². The van der Waals surface area contributed by atoms with Gasteiger partial charge in [0.15, 0.2) is 5.75 Å². The van der Waals surface area contributed by atoms with Gasteiger partial charge in [-0.1, -0.05) is 67.6 Å². The van der Waals surface area contributed by atoms with Gasteiger partial charge < -0.3 is 39.8 Å². The first-order valence-electron chi connectivity index (χ1n) is 27.3. The number of hydrogen-bond donors (Lipinski definition) is 4. The highest BCUT2D eigenvalue weighted by Crippen LogP contribution is 2.51. The summed E-state index contributed by atoms with van der Waals surface area (Å²) in [7, 11) is 0. The number of nitrogens with zero attached hydrogens (tertiary/aromatic N) is 10. The molecule has 0 spiro atoms. The third-order valence-electron chi connectivity index (χ3n) is 16.0. The Labute approximate surface area is 462 Å². The lowest BCUT2D eigenvalue weighted by atomic mass is 9.90. The van der Waals surface area contributed by atoms with Crippen LogP contribution in [-0.2, 0) is 27.1 Å². The molecule has 12 rings (SSSR count). The van der Waals surface area contributed by atoms with Crippen LogP contribution in [0.2, 0.25) is 0 Å². The van der Waals surface area contributed by atoms with Crippen LogP contribution in [0.1, 0.15) is 80.3 Å². The fourth-order valence-electron chi connectivity index (χ4n) is 11.8. The van der Waals surface area contributed by atoms with E-state index in [0.29, 0.717) is 80.9 Å². The molecular formula is C58H59F4N13O6. The summed E-state index contributed by atoms with van der Waals surface area (Å²) < 4.78 is 83.9. The number of rotatable bonds is 16. The van der Waals surface area contributed by atoms with Gasteiger partial charge in [0.2, 0.25) is 11.8 Å². The summed E-state index contributed by atoms with van der Waals surface area (Å²) in [5.74, 6) is -1.62. The molecule has 4 aliphatic rings. The molecule has 420 valence electrons. The Bertz CT molecular complexity index is 3610. The van der Waals surface area contributed by atoms with Gasteiger partial charge in [0.05, 0.1) is 55.0 Å². The van der Waals surface area contributed by atoms with E-state index in [1.54, 1.807) is 47.6 Å². The summed E-state index contributed by atoms with van der Waals surface area (Å²) >= 11 is 0. The number of aliphatic hydroxyl groups excluding tert-OH is 1. The van der Waals surface area contributed by atoms with E-state index >= 15 is 17.6 Å². The maximum atomic E-state index is 15.9. The van der Waals surface area contributed by atoms with Gasteiger partial charge in [-0.2, -0.15) is 28.2 Å². The van der Waals surface area contributed by atoms with Crippen LogP contribution in [0.25, 0.3) is 55.4 Å². The van der Waals surface area contributed by atoms with E-state index in [-0.39, 0.29) is 99.6 Å². The van der Waals surface area contributed by atoms with Crippen molar-refractivity contribution < 1.29 is 46.5 Å². The summed E-state index contributed by atoms with van der Waals surface area (Å²) in [6.07, 6.45) is 3.86. The predicted molar refractivity (Wildman–Crippen MR) is 290 cm³/mol. The number of piperazine rings is 1. The van der Waals surface area contributed by atoms with Gasteiger partial charge in [-0.25, -0.2) is 19.0 Å². The smallest absolute Gasteiger partial charge is 0.417 e. The number of fused-ring (bicyclic) bond motifs is 4. The lowest BCUT2D eigenvalue weighted by molar-refractivity contribution is -0.142. The van der Waals surface area contributed by atoms with Crippen molar-refractivity contribution >= 4 is 39.4 Å². The van der Waals surface area contributed by atoms with E-state index < -0.39 is 41.2 Å². The van der Waals surface area contributed by atoms with E-state index in [1.165, 1.54) is 30.2 Å². The molecule has 4 N–H and O–H groups in total. The molecule has 23 heteroatoms. The average Bonchev–Trinajstić information content (AvgIpc) is 4.57. The second kappa shape index (κ2) is 22.1. The molecule has 4 aromatic heterocycles. The maximum Gasteiger partial charge on any atom is 0.417 e. The van der Waals surface area contributed by atoms with Crippen molar-refractivity contribution in [3.63, 3.8) is 0 Å². The summed E-state index contributed by atoms with van der Waals surface area (Å²) in [4.78, 5) is 50.0. The number of carbonyl (C=O) groups is 2. The zero-order chi connectivity index (χ0) is 56.1. The first kappa shape index (κ1) is 53.5. The number of amides is 2. The number of hydrogen-bond acceptors (Lipinski definition) is 15.